The van der Waals surface area contributed by atoms with Gasteiger partial charge in [0.2, 0.25) is 0 Å². The molecule has 1 atom stereocenters. The van der Waals surface area contributed by atoms with Gasteiger partial charge in [-0.15, -0.1) is 11.3 Å². The minimum absolute atomic E-state index is 0.242. The second-order valence-corrected chi connectivity index (χ2v) is 6.79. The molecule has 0 bridgehead atoms. The summed E-state index contributed by atoms with van der Waals surface area (Å²) in [4.78, 5) is 0. The van der Waals surface area contributed by atoms with E-state index in [1.165, 1.54) is 16.9 Å². The maximum Gasteiger partial charge on any atom is 0.0992 e. The van der Waals surface area contributed by atoms with Gasteiger partial charge in [0.25, 0.3) is 0 Å². The molecule has 2 aromatic heterocycles. The van der Waals surface area contributed by atoms with Crippen LogP contribution in [0.25, 0.3) is 0 Å². The van der Waals surface area contributed by atoms with Crippen LogP contribution in [-0.2, 0) is 6.42 Å². The van der Waals surface area contributed by atoms with E-state index in [4.69, 9.17) is 23.2 Å². The quantitative estimate of drug-likeness (QED) is 0.819. The molecule has 0 saturated heterocycles. The van der Waals surface area contributed by atoms with E-state index in [0.29, 0.717) is 0 Å². The lowest BCUT2D eigenvalue weighted by Crippen LogP contribution is -2.22. The highest BCUT2D eigenvalue weighted by Crippen LogP contribution is 2.36. The fourth-order valence-corrected chi connectivity index (χ4v) is 4.03. The molecule has 92 valence electrons. The summed E-state index contributed by atoms with van der Waals surface area (Å²) in [5.41, 5.74) is 2.44. The first-order valence-electron chi connectivity index (χ1n) is 5.40. The fraction of sp³-hybridized carbons (Fsp3) is 0.333. The average Bonchev–Trinajstić information content (AvgIpc) is 2.88. The highest BCUT2D eigenvalue weighted by molar-refractivity contribution is 7.20. The van der Waals surface area contributed by atoms with Gasteiger partial charge in [0.15, 0.2) is 0 Å². The van der Waals surface area contributed by atoms with Crippen LogP contribution in [0.4, 0.5) is 0 Å². The third kappa shape index (κ3) is 3.46. The number of halogens is 2. The van der Waals surface area contributed by atoms with E-state index in [-0.39, 0.29) is 6.04 Å². The minimum atomic E-state index is 0.242. The third-order valence-corrected chi connectivity index (χ3v) is 4.78. The molecule has 0 radical (unpaired) electrons. The molecule has 1 unspecified atom stereocenters. The Balaban J connectivity index is 2.19. The Morgan fingerprint density at radius 3 is 2.76 bits per heavy atom. The SMILES string of the molecule is CCNC(Cc1ccsc1)c1cc(Cl)sc1Cl. The van der Waals surface area contributed by atoms with Crippen molar-refractivity contribution in [3.8, 4) is 0 Å². The van der Waals surface area contributed by atoms with Crippen molar-refractivity contribution in [3.63, 3.8) is 0 Å². The highest BCUT2D eigenvalue weighted by Gasteiger charge is 2.17. The van der Waals surface area contributed by atoms with Gasteiger partial charge in [-0.3, -0.25) is 0 Å². The summed E-state index contributed by atoms with van der Waals surface area (Å²) in [6.45, 7) is 3.01. The van der Waals surface area contributed by atoms with Crippen LogP contribution in [0.5, 0.6) is 0 Å². The zero-order valence-electron chi connectivity index (χ0n) is 9.37. The van der Waals surface area contributed by atoms with E-state index in [0.717, 1.165) is 27.2 Å². The lowest BCUT2D eigenvalue weighted by atomic mass is 10.0. The summed E-state index contributed by atoms with van der Waals surface area (Å²) in [5.74, 6) is 0. The van der Waals surface area contributed by atoms with Crippen molar-refractivity contribution in [2.75, 3.05) is 6.54 Å². The normalized spacial score (nSPS) is 12.9. The topological polar surface area (TPSA) is 12.0 Å². The number of thiophene rings is 2. The van der Waals surface area contributed by atoms with Crippen molar-refractivity contribution < 1.29 is 0 Å². The second-order valence-electron chi connectivity index (χ2n) is 3.73. The molecule has 17 heavy (non-hydrogen) atoms. The lowest BCUT2D eigenvalue weighted by Gasteiger charge is -2.16. The van der Waals surface area contributed by atoms with E-state index >= 15 is 0 Å². The van der Waals surface area contributed by atoms with Crippen LogP contribution in [0.3, 0.4) is 0 Å². The number of nitrogens with one attached hydrogen (secondary N) is 1. The van der Waals surface area contributed by atoms with Crippen LogP contribution >= 0.6 is 45.9 Å². The van der Waals surface area contributed by atoms with Gasteiger partial charge in [-0.2, -0.15) is 11.3 Å². The van der Waals surface area contributed by atoms with Crippen molar-refractivity contribution in [2.24, 2.45) is 0 Å². The Hall–Kier alpha value is -0.0600. The van der Waals surface area contributed by atoms with Crippen LogP contribution in [0.1, 0.15) is 24.1 Å². The summed E-state index contributed by atoms with van der Waals surface area (Å²) >= 11 is 15.4. The molecule has 0 aliphatic rings. The lowest BCUT2D eigenvalue weighted by molar-refractivity contribution is 0.552. The summed E-state index contributed by atoms with van der Waals surface area (Å²) in [6, 6.07) is 4.36. The van der Waals surface area contributed by atoms with Crippen molar-refractivity contribution in [1.82, 2.24) is 5.32 Å². The van der Waals surface area contributed by atoms with E-state index < -0.39 is 0 Å². The van der Waals surface area contributed by atoms with Crippen LogP contribution in [0, 0.1) is 0 Å². The van der Waals surface area contributed by atoms with Gasteiger partial charge in [0.05, 0.1) is 8.67 Å². The van der Waals surface area contributed by atoms with Crippen LogP contribution in [0.2, 0.25) is 8.67 Å². The molecule has 2 aromatic rings. The first-order chi connectivity index (χ1) is 8.20. The van der Waals surface area contributed by atoms with Gasteiger partial charge < -0.3 is 5.32 Å². The average molecular weight is 306 g/mol. The zero-order chi connectivity index (χ0) is 12.3. The van der Waals surface area contributed by atoms with E-state index in [9.17, 15) is 0 Å². The number of rotatable bonds is 5. The number of likely N-dealkylation sites (N-methyl/N-ethyl adjacent to an activating group) is 1. The van der Waals surface area contributed by atoms with Gasteiger partial charge in [-0.05, 0) is 41.4 Å². The van der Waals surface area contributed by atoms with E-state index in [1.54, 1.807) is 11.3 Å². The van der Waals surface area contributed by atoms with Crippen LogP contribution in [-0.4, -0.2) is 6.54 Å². The van der Waals surface area contributed by atoms with Crippen molar-refractivity contribution in [1.29, 1.82) is 0 Å². The summed E-state index contributed by atoms with van der Waals surface area (Å²) < 4.78 is 1.54. The Morgan fingerprint density at radius 2 is 2.24 bits per heavy atom. The molecule has 2 heterocycles. The molecule has 0 aliphatic carbocycles. The molecule has 0 aliphatic heterocycles. The first-order valence-corrected chi connectivity index (χ1v) is 7.91. The maximum atomic E-state index is 6.21. The van der Waals surface area contributed by atoms with Gasteiger partial charge in [0, 0.05) is 11.6 Å². The molecular weight excluding hydrogens is 293 g/mol. The molecule has 1 N–H and O–H groups in total. The molecule has 0 spiro atoms. The van der Waals surface area contributed by atoms with Gasteiger partial charge in [-0.25, -0.2) is 0 Å². The van der Waals surface area contributed by atoms with E-state index in [1.807, 2.05) is 6.07 Å². The van der Waals surface area contributed by atoms with Gasteiger partial charge in [-0.1, -0.05) is 30.1 Å². The number of hydrogen-bond acceptors (Lipinski definition) is 3. The Morgan fingerprint density at radius 1 is 1.41 bits per heavy atom. The summed E-state index contributed by atoms with van der Waals surface area (Å²) in [7, 11) is 0. The Kier molecular flexibility index (Phi) is 4.88. The van der Waals surface area contributed by atoms with Crippen molar-refractivity contribution >= 4 is 45.9 Å². The summed E-state index contributed by atoms with van der Waals surface area (Å²) in [6.07, 6.45) is 0.949. The van der Waals surface area contributed by atoms with Crippen LogP contribution in [0.15, 0.2) is 22.9 Å². The second kappa shape index (κ2) is 6.21. The highest BCUT2D eigenvalue weighted by atomic mass is 35.5. The third-order valence-electron chi connectivity index (χ3n) is 2.53. The molecule has 2 rings (SSSR count). The van der Waals surface area contributed by atoms with Crippen molar-refractivity contribution in [3.05, 3.63) is 42.7 Å². The molecular formula is C12H13Cl2NS2. The molecule has 0 saturated carbocycles. The molecule has 0 amide bonds. The van der Waals surface area contributed by atoms with Crippen molar-refractivity contribution in [2.45, 2.75) is 19.4 Å². The molecule has 0 fully saturated rings. The predicted octanol–water partition coefficient (Wildman–Crippen LogP) is 5.01. The van der Waals surface area contributed by atoms with E-state index in [2.05, 4.69) is 29.1 Å². The standard InChI is InChI=1S/C12H13Cl2NS2/c1-2-15-10(5-8-3-4-16-7-8)9-6-11(13)17-12(9)14/h3-4,6-7,10,15H,2,5H2,1H3. The Bertz CT molecular complexity index is 465. The first kappa shape index (κ1) is 13.4. The zero-order valence-corrected chi connectivity index (χ0v) is 12.5. The fourth-order valence-electron chi connectivity index (χ4n) is 1.77. The smallest absolute Gasteiger partial charge is 0.0992 e. The van der Waals surface area contributed by atoms with Gasteiger partial charge >= 0.3 is 0 Å². The maximum absolute atomic E-state index is 6.21. The summed E-state index contributed by atoms with van der Waals surface area (Å²) in [5, 5.41) is 7.73. The Labute approximate surface area is 119 Å². The largest absolute Gasteiger partial charge is 0.310 e. The van der Waals surface area contributed by atoms with Gasteiger partial charge in [0.1, 0.15) is 0 Å². The monoisotopic (exact) mass is 305 g/mol. The number of hydrogen-bond donors (Lipinski definition) is 1. The van der Waals surface area contributed by atoms with Crippen LogP contribution < -0.4 is 5.32 Å². The molecule has 0 aromatic carbocycles. The molecule has 5 heteroatoms. The minimum Gasteiger partial charge on any atom is -0.310 e. The molecule has 1 nitrogen and oxygen atoms in total. The predicted molar refractivity (Wildman–Crippen MR) is 78.8 cm³/mol.